The minimum atomic E-state index is 0.199. The molecule has 20 heavy (non-hydrogen) atoms. The second-order valence-electron chi connectivity index (χ2n) is 4.82. The molecule has 0 radical (unpaired) electrons. The van der Waals surface area contributed by atoms with Gasteiger partial charge in [-0.15, -0.1) is 11.3 Å². The van der Waals surface area contributed by atoms with E-state index >= 15 is 0 Å². The quantitative estimate of drug-likeness (QED) is 0.452. The van der Waals surface area contributed by atoms with Gasteiger partial charge in [-0.2, -0.15) is 0 Å². The maximum Gasteiger partial charge on any atom is 0.0716 e. The highest BCUT2D eigenvalue weighted by atomic mass is 32.1. The second kappa shape index (κ2) is 4.43. The van der Waals surface area contributed by atoms with Gasteiger partial charge < -0.3 is 0 Å². The predicted molar refractivity (Wildman–Crippen MR) is 87.3 cm³/mol. The van der Waals surface area contributed by atoms with Crippen LogP contribution in [0.1, 0.15) is 8.30 Å². The molecule has 0 aliphatic heterocycles. The second-order valence-corrected chi connectivity index (χ2v) is 5.87. The first-order chi connectivity index (χ1) is 10.7. The highest BCUT2D eigenvalue weighted by Crippen LogP contribution is 2.38. The largest absolute Gasteiger partial charge is 0.256 e. The van der Waals surface area contributed by atoms with Crippen molar-refractivity contribution in [2.75, 3.05) is 0 Å². The van der Waals surface area contributed by atoms with Gasteiger partial charge in [0.15, 0.2) is 0 Å². The molecule has 0 spiro atoms. The van der Waals surface area contributed by atoms with Gasteiger partial charge in [0.05, 0.1) is 8.44 Å². The van der Waals surface area contributed by atoms with Crippen molar-refractivity contribution in [3.63, 3.8) is 0 Å². The van der Waals surface area contributed by atoms with Gasteiger partial charge in [-0.3, -0.25) is 4.98 Å². The van der Waals surface area contributed by atoms with Crippen LogP contribution in [0.2, 0.25) is 0 Å². The predicted octanol–water partition coefficient (Wildman–Crippen LogP) is 5.42. The summed E-state index contributed by atoms with van der Waals surface area (Å²) in [7, 11) is 0. The van der Waals surface area contributed by atoms with Gasteiger partial charge in [-0.25, -0.2) is 0 Å². The number of pyridine rings is 1. The zero-order chi connectivity index (χ0) is 15.3. The molecule has 2 aromatic heterocycles. The fourth-order valence-electron chi connectivity index (χ4n) is 2.45. The van der Waals surface area contributed by atoms with Crippen LogP contribution < -0.4 is 0 Å². The molecule has 0 aliphatic rings. The Bertz CT molecular complexity index is 1020. The number of benzene rings is 2. The van der Waals surface area contributed by atoms with Crippen LogP contribution in [-0.2, 0) is 0 Å². The van der Waals surface area contributed by atoms with Gasteiger partial charge in [0.1, 0.15) is 0 Å². The first-order valence-corrected chi connectivity index (χ1v) is 7.32. The van der Waals surface area contributed by atoms with Crippen LogP contribution in [0.4, 0.5) is 0 Å². The zero-order valence-corrected chi connectivity index (χ0v) is 11.8. The van der Waals surface area contributed by atoms with Crippen molar-refractivity contribution in [3.05, 3.63) is 66.3 Å². The first-order valence-electron chi connectivity index (χ1n) is 7.50. The van der Waals surface area contributed by atoms with Gasteiger partial charge in [0.25, 0.3) is 0 Å². The summed E-state index contributed by atoms with van der Waals surface area (Å²) >= 11 is 1.72. The smallest absolute Gasteiger partial charge is 0.0716 e. The van der Waals surface area contributed by atoms with Crippen LogP contribution in [-0.4, -0.2) is 4.98 Å². The highest BCUT2D eigenvalue weighted by molar-refractivity contribution is 7.26. The Morgan fingerprint density at radius 1 is 1.00 bits per heavy atom. The van der Waals surface area contributed by atoms with Crippen molar-refractivity contribution in [2.24, 2.45) is 0 Å². The third kappa shape index (κ3) is 1.73. The van der Waals surface area contributed by atoms with Crippen molar-refractivity contribution in [3.8, 4) is 11.3 Å². The number of hydrogen-bond acceptors (Lipinski definition) is 2. The molecule has 0 N–H and O–H groups in total. The molecule has 0 saturated carbocycles. The third-order valence-corrected chi connectivity index (χ3v) is 4.64. The van der Waals surface area contributed by atoms with Crippen molar-refractivity contribution < 1.29 is 2.74 Å². The molecular weight excluding hydrogens is 262 g/mol. The van der Waals surface area contributed by atoms with Crippen LogP contribution >= 0.6 is 11.3 Å². The molecule has 4 aromatic rings. The monoisotopic (exact) mass is 277 g/mol. The molecule has 0 unspecified atom stereocenters. The van der Waals surface area contributed by atoms with Crippen LogP contribution in [0.3, 0.4) is 0 Å². The van der Waals surface area contributed by atoms with Crippen LogP contribution in [0.15, 0.2) is 60.7 Å². The molecule has 0 aliphatic carbocycles. The van der Waals surface area contributed by atoms with E-state index in [-0.39, 0.29) is 12.1 Å². The Morgan fingerprint density at radius 2 is 1.85 bits per heavy atom. The summed E-state index contributed by atoms with van der Waals surface area (Å²) in [5.41, 5.74) is 2.27. The van der Waals surface area contributed by atoms with E-state index in [1.165, 1.54) is 15.5 Å². The van der Waals surface area contributed by atoms with Gasteiger partial charge >= 0.3 is 0 Å². The van der Waals surface area contributed by atoms with Crippen LogP contribution in [0.5, 0.6) is 0 Å². The molecular formula is C18H13NS. The lowest BCUT2D eigenvalue weighted by Crippen LogP contribution is -1.83. The molecule has 2 heteroatoms. The van der Waals surface area contributed by atoms with Crippen LogP contribution in [0.25, 0.3) is 31.4 Å². The van der Waals surface area contributed by atoms with Crippen molar-refractivity contribution in [1.29, 1.82) is 0 Å². The minimum absolute atomic E-state index is 0.199. The average Bonchev–Trinajstić information content (AvgIpc) is 2.92. The summed E-state index contributed by atoms with van der Waals surface area (Å²) in [6.45, 7) is 1.82. The van der Waals surface area contributed by atoms with Crippen molar-refractivity contribution >= 4 is 31.5 Å². The number of hydrogen-bond donors (Lipinski definition) is 0. The Balaban J connectivity index is 2.10. The lowest BCUT2D eigenvalue weighted by molar-refractivity contribution is 1.27. The minimum Gasteiger partial charge on any atom is -0.256 e. The molecule has 0 amide bonds. The lowest BCUT2D eigenvalue weighted by Gasteiger charge is -2.03. The van der Waals surface area contributed by atoms with Gasteiger partial charge in [-0.1, -0.05) is 42.4 Å². The number of aryl methyl sites for hydroxylation is 1. The Hall–Kier alpha value is -2.19. The third-order valence-electron chi connectivity index (χ3n) is 3.42. The summed E-state index contributed by atoms with van der Waals surface area (Å²) in [6.07, 6.45) is 1.68. The van der Waals surface area contributed by atoms with E-state index in [1.807, 2.05) is 31.2 Å². The van der Waals surface area contributed by atoms with E-state index in [9.17, 15) is 0 Å². The van der Waals surface area contributed by atoms with E-state index in [0.29, 0.717) is 5.69 Å². The first kappa shape index (κ1) is 9.67. The molecule has 1 nitrogen and oxygen atoms in total. The average molecular weight is 277 g/mol. The normalized spacial score (nSPS) is 12.7. The summed E-state index contributed by atoms with van der Waals surface area (Å²) in [5, 5.41) is 2.42. The summed E-state index contributed by atoms with van der Waals surface area (Å²) in [5.74, 6) is 0. The standard InChI is InChI=1S/C18H13NS/c1-12-9-10-16(19-11-12)15-7-4-6-14-13-5-2-3-8-17(13)20-18(14)15/h2-11H,1H3/i9D,10D. The SMILES string of the molecule is [2H]c1c(C)cnc(-c2cccc3c2sc2ccccc23)c1[2H]. The van der Waals surface area contributed by atoms with E-state index in [2.05, 4.69) is 23.2 Å². The number of fused-ring (bicyclic) bond motifs is 3. The number of rotatable bonds is 1. The molecule has 2 heterocycles. The van der Waals surface area contributed by atoms with E-state index in [0.717, 1.165) is 15.8 Å². The van der Waals surface area contributed by atoms with Gasteiger partial charge in [0.2, 0.25) is 0 Å². The molecule has 2 aromatic carbocycles. The molecule has 0 bridgehead atoms. The summed E-state index contributed by atoms with van der Waals surface area (Å²) < 4.78 is 18.6. The van der Waals surface area contributed by atoms with Crippen molar-refractivity contribution in [2.45, 2.75) is 6.92 Å². The van der Waals surface area contributed by atoms with Crippen LogP contribution in [0, 0.1) is 6.92 Å². The molecule has 96 valence electrons. The Morgan fingerprint density at radius 3 is 2.80 bits per heavy atom. The number of nitrogens with zero attached hydrogens (tertiary/aromatic N) is 1. The van der Waals surface area contributed by atoms with Gasteiger partial charge in [-0.05, 0) is 24.6 Å². The molecule has 4 rings (SSSR count). The molecule has 0 atom stereocenters. The lowest BCUT2D eigenvalue weighted by atomic mass is 10.1. The van der Waals surface area contributed by atoms with E-state index < -0.39 is 0 Å². The topological polar surface area (TPSA) is 12.9 Å². The maximum absolute atomic E-state index is 8.24. The van der Waals surface area contributed by atoms with E-state index in [1.54, 1.807) is 17.5 Å². The van der Waals surface area contributed by atoms with Crippen molar-refractivity contribution in [1.82, 2.24) is 4.98 Å². The highest BCUT2D eigenvalue weighted by Gasteiger charge is 2.10. The molecule has 0 saturated heterocycles. The van der Waals surface area contributed by atoms with E-state index in [4.69, 9.17) is 2.74 Å². The maximum atomic E-state index is 8.24. The number of aromatic nitrogens is 1. The summed E-state index contributed by atoms with van der Waals surface area (Å²) in [4.78, 5) is 4.43. The number of thiophene rings is 1. The zero-order valence-electron chi connectivity index (χ0n) is 13.0. The fraction of sp³-hybridized carbons (Fsp3) is 0.0556. The van der Waals surface area contributed by atoms with Gasteiger partial charge in [0, 0.05) is 31.9 Å². The fourth-order valence-corrected chi connectivity index (χ4v) is 3.67. The molecule has 0 fully saturated rings. The summed E-state index contributed by atoms with van der Waals surface area (Å²) in [6, 6.07) is 14.9. The Labute approximate surface area is 124 Å². The Kier molecular flexibility index (Phi) is 2.14.